The first kappa shape index (κ1) is 14.3. The highest BCUT2D eigenvalue weighted by molar-refractivity contribution is 5.42. The molecule has 1 aliphatic rings. The second kappa shape index (κ2) is 6.35. The Morgan fingerprint density at radius 1 is 1.42 bits per heavy atom. The van der Waals surface area contributed by atoms with Crippen LogP contribution in [0.3, 0.4) is 0 Å². The third kappa shape index (κ3) is 3.91. The van der Waals surface area contributed by atoms with E-state index in [1.54, 1.807) is 0 Å². The average Bonchev–Trinajstić information content (AvgIpc) is 2.39. The van der Waals surface area contributed by atoms with Crippen LogP contribution >= 0.6 is 0 Å². The topological polar surface area (TPSA) is 45.4 Å². The molecule has 1 atom stereocenters. The van der Waals surface area contributed by atoms with Crippen molar-refractivity contribution in [1.82, 2.24) is 9.88 Å². The molecular weight excluding hydrogens is 236 g/mol. The third-order valence-corrected chi connectivity index (χ3v) is 3.86. The van der Waals surface area contributed by atoms with Crippen molar-refractivity contribution in [2.24, 2.45) is 11.7 Å². The van der Waals surface area contributed by atoms with Crippen molar-refractivity contribution in [1.29, 1.82) is 0 Å². The summed E-state index contributed by atoms with van der Waals surface area (Å²) >= 11 is 0. The van der Waals surface area contributed by atoms with Crippen molar-refractivity contribution < 1.29 is 0 Å². The Bertz CT molecular complexity index is 395. The molecule has 0 spiro atoms. The maximum atomic E-state index is 5.94. The van der Waals surface area contributed by atoms with Crippen molar-refractivity contribution in [2.45, 2.75) is 25.8 Å². The lowest BCUT2D eigenvalue weighted by Crippen LogP contribution is -2.37. The minimum absolute atomic E-state index is 0.0769. The van der Waals surface area contributed by atoms with Gasteiger partial charge in [-0.2, -0.15) is 0 Å². The van der Waals surface area contributed by atoms with Gasteiger partial charge in [-0.3, -0.25) is 0 Å². The van der Waals surface area contributed by atoms with Gasteiger partial charge in [-0.15, -0.1) is 0 Å². The average molecular weight is 262 g/mol. The fraction of sp³-hybridized carbons (Fsp3) is 0.667. The normalized spacial score (nSPS) is 18.9. The van der Waals surface area contributed by atoms with E-state index >= 15 is 0 Å². The van der Waals surface area contributed by atoms with Crippen molar-refractivity contribution in [3.63, 3.8) is 0 Å². The quantitative estimate of drug-likeness (QED) is 0.900. The van der Waals surface area contributed by atoms with Crippen molar-refractivity contribution in [3.8, 4) is 0 Å². The van der Waals surface area contributed by atoms with Gasteiger partial charge in [-0.25, -0.2) is 4.98 Å². The smallest absolute Gasteiger partial charge is 0.128 e. The van der Waals surface area contributed by atoms with E-state index < -0.39 is 0 Å². The van der Waals surface area contributed by atoms with Gasteiger partial charge in [0.25, 0.3) is 0 Å². The summed E-state index contributed by atoms with van der Waals surface area (Å²) in [5, 5.41) is 0. The molecule has 1 fully saturated rings. The Morgan fingerprint density at radius 3 is 2.68 bits per heavy atom. The Hall–Kier alpha value is -1.13. The first-order valence-corrected chi connectivity index (χ1v) is 7.17. The molecule has 0 radical (unpaired) electrons. The van der Waals surface area contributed by atoms with Crippen LogP contribution in [0.1, 0.15) is 31.4 Å². The van der Waals surface area contributed by atoms with E-state index in [-0.39, 0.29) is 6.04 Å². The molecule has 1 saturated heterocycles. The molecule has 0 bridgehead atoms. The number of nitrogens with two attached hydrogens (primary N) is 1. The lowest BCUT2D eigenvalue weighted by molar-refractivity contribution is 0.284. The Labute approximate surface area is 116 Å². The summed E-state index contributed by atoms with van der Waals surface area (Å²) in [5.74, 6) is 1.90. The highest BCUT2D eigenvalue weighted by Crippen LogP contribution is 2.23. The van der Waals surface area contributed by atoms with E-state index in [0.717, 1.165) is 24.8 Å². The van der Waals surface area contributed by atoms with Gasteiger partial charge in [0.2, 0.25) is 0 Å². The van der Waals surface area contributed by atoms with Gasteiger partial charge < -0.3 is 15.5 Å². The molecule has 2 rings (SSSR count). The second-order valence-corrected chi connectivity index (χ2v) is 5.93. The maximum absolute atomic E-state index is 5.94. The summed E-state index contributed by atoms with van der Waals surface area (Å²) in [6.07, 6.45) is 4.38. The van der Waals surface area contributed by atoms with Crippen LogP contribution in [0.5, 0.6) is 0 Å². The summed E-state index contributed by atoms with van der Waals surface area (Å²) < 4.78 is 0. The minimum atomic E-state index is 0.0769. The van der Waals surface area contributed by atoms with Crippen LogP contribution in [-0.2, 0) is 0 Å². The highest BCUT2D eigenvalue weighted by atomic mass is 15.2. The van der Waals surface area contributed by atoms with Gasteiger partial charge in [0.05, 0.1) is 0 Å². The molecule has 0 amide bonds. The molecule has 1 aliphatic heterocycles. The van der Waals surface area contributed by atoms with E-state index in [4.69, 9.17) is 5.73 Å². The number of pyridine rings is 1. The number of rotatable bonds is 4. The molecular formula is C15H26N4. The van der Waals surface area contributed by atoms with Crippen LogP contribution in [0.25, 0.3) is 0 Å². The van der Waals surface area contributed by atoms with Crippen molar-refractivity contribution in [2.75, 3.05) is 38.6 Å². The van der Waals surface area contributed by atoms with Gasteiger partial charge in [0.1, 0.15) is 5.82 Å². The van der Waals surface area contributed by atoms with Crippen molar-refractivity contribution in [3.05, 3.63) is 23.9 Å². The zero-order chi connectivity index (χ0) is 13.8. The van der Waals surface area contributed by atoms with E-state index in [9.17, 15) is 0 Å². The molecule has 1 aromatic rings. The van der Waals surface area contributed by atoms with Gasteiger partial charge in [0, 0.05) is 31.9 Å². The number of anilines is 1. The molecule has 2 heterocycles. The minimum Gasteiger partial charge on any atom is -0.357 e. The molecule has 106 valence electrons. The van der Waals surface area contributed by atoms with E-state index in [0.29, 0.717) is 0 Å². The number of piperidine rings is 1. The summed E-state index contributed by atoms with van der Waals surface area (Å²) in [6, 6.07) is 4.22. The van der Waals surface area contributed by atoms with E-state index in [1.807, 2.05) is 19.2 Å². The molecule has 19 heavy (non-hydrogen) atoms. The van der Waals surface area contributed by atoms with Crippen LogP contribution < -0.4 is 10.6 Å². The highest BCUT2D eigenvalue weighted by Gasteiger charge is 2.20. The van der Waals surface area contributed by atoms with Crippen LogP contribution in [0.4, 0.5) is 5.82 Å². The molecule has 0 unspecified atom stereocenters. The van der Waals surface area contributed by atoms with Crippen LogP contribution in [0.15, 0.2) is 18.3 Å². The van der Waals surface area contributed by atoms with Gasteiger partial charge in [-0.1, -0.05) is 0 Å². The fourth-order valence-electron chi connectivity index (χ4n) is 2.75. The molecule has 1 aromatic heterocycles. The van der Waals surface area contributed by atoms with Gasteiger partial charge >= 0.3 is 0 Å². The summed E-state index contributed by atoms with van der Waals surface area (Å²) in [5.41, 5.74) is 7.10. The van der Waals surface area contributed by atoms with Crippen LogP contribution in [0.2, 0.25) is 0 Å². The Morgan fingerprint density at radius 2 is 2.11 bits per heavy atom. The lowest BCUT2D eigenvalue weighted by Gasteiger charge is -2.34. The standard InChI is InChI=1S/C15H26N4/c1-12(16)14-4-7-17-15(10-14)19-8-5-13(6-9-19)11-18(2)3/h4,7,10,12-13H,5-6,8-9,11,16H2,1-3H3/t12-/m0/s1. The summed E-state index contributed by atoms with van der Waals surface area (Å²) in [6.45, 7) is 5.42. The predicted octanol–water partition coefficient (Wildman–Crippen LogP) is 1.88. The van der Waals surface area contributed by atoms with Gasteiger partial charge in [-0.05, 0) is 57.5 Å². The van der Waals surface area contributed by atoms with E-state index in [1.165, 1.54) is 24.9 Å². The summed E-state index contributed by atoms with van der Waals surface area (Å²) in [7, 11) is 4.31. The molecule has 2 N–H and O–H groups in total. The number of nitrogens with zero attached hydrogens (tertiary/aromatic N) is 3. The predicted molar refractivity (Wildman–Crippen MR) is 80.3 cm³/mol. The number of hydrogen-bond donors (Lipinski definition) is 1. The fourth-order valence-corrected chi connectivity index (χ4v) is 2.75. The lowest BCUT2D eigenvalue weighted by atomic mass is 9.96. The first-order chi connectivity index (χ1) is 9.06. The molecule has 4 nitrogen and oxygen atoms in total. The molecule has 0 aromatic carbocycles. The largest absolute Gasteiger partial charge is 0.357 e. The SMILES string of the molecule is C[C@H](N)c1ccnc(N2CCC(CN(C)C)CC2)c1. The van der Waals surface area contributed by atoms with Gasteiger partial charge in [0.15, 0.2) is 0 Å². The molecule has 4 heteroatoms. The van der Waals surface area contributed by atoms with E-state index in [2.05, 4.69) is 34.9 Å². The number of aromatic nitrogens is 1. The zero-order valence-corrected chi connectivity index (χ0v) is 12.3. The zero-order valence-electron chi connectivity index (χ0n) is 12.3. The summed E-state index contributed by atoms with van der Waals surface area (Å²) in [4.78, 5) is 9.17. The van der Waals surface area contributed by atoms with Crippen molar-refractivity contribution >= 4 is 5.82 Å². The number of hydrogen-bond acceptors (Lipinski definition) is 4. The molecule has 0 saturated carbocycles. The Balaban J connectivity index is 1.96. The van der Waals surface area contributed by atoms with Crippen LogP contribution in [0, 0.1) is 5.92 Å². The maximum Gasteiger partial charge on any atom is 0.128 e. The van der Waals surface area contributed by atoms with Crippen LogP contribution in [-0.4, -0.2) is 43.6 Å². The first-order valence-electron chi connectivity index (χ1n) is 7.17. The second-order valence-electron chi connectivity index (χ2n) is 5.93. The Kier molecular flexibility index (Phi) is 4.77. The monoisotopic (exact) mass is 262 g/mol. The third-order valence-electron chi connectivity index (χ3n) is 3.86. The molecule has 0 aliphatic carbocycles.